The normalized spacial score (nSPS) is 12.6. The fourth-order valence-corrected chi connectivity index (χ4v) is 2.88. The summed E-state index contributed by atoms with van der Waals surface area (Å²) in [6.45, 7) is 0. The van der Waals surface area contributed by atoms with E-state index < -0.39 is 0 Å². The zero-order valence-corrected chi connectivity index (χ0v) is 16.9. The molecule has 2 aromatic heterocycles. The van der Waals surface area contributed by atoms with Gasteiger partial charge in [-0.15, -0.1) is 10.2 Å². The molecule has 1 aliphatic rings. The van der Waals surface area contributed by atoms with Gasteiger partial charge >= 0.3 is 0 Å². The van der Waals surface area contributed by atoms with Crippen LogP contribution in [-0.2, 0) is 7.05 Å². The molecule has 4 rings (SSSR count). The Balaban J connectivity index is 1.75. The molecule has 152 valence electrons. The Hall–Kier alpha value is -3.93. The monoisotopic (exact) mass is 403 g/mol. The van der Waals surface area contributed by atoms with E-state index in [1.54, 1.807) is 38.3 Å². The number of benzene rings is 1. The molecule has 1 aliphatic carbocycles. The van der Waals surface area contributed by atoms with Crippen LogP contribution in [0.5, 0.6) is 5.75 Å². The van der Waals surface area contributed by atoms with Gasteiger partial charge in [0.25, 0.3) is 5.91 Å². The molecule has 1 fully saturated rings. The first kappa shape index (κ1) is 19.4. The molecule has 0 atom stereocenters. The van der Waals surface area contributed by atoms with Crippen LogP contribution in [-0.4, -0.2) is 45.0 Å². The van der Waals surface area contributed by atoms with E-state index in [0.29, 0.717) is 34.6 Å². The standard InChI is InChI=1S/C21H21N7O2/c1-22-21(29)18-17(11-14(25-26-18)10-9-13-7-8-13)24-16-6-4-5-15(19(16)30-3)20-23-12-28(2)27-20/h4-6,11-13H,7-8H2,1-3H3,(H,22,29)(H,24,25). The lowest BCUT2D eigenvalue weighted by atomic mass is 10.1. The van der Waals surface area contributed by atoms with Gasteiger partial charge in [-0.2, -0.15) is 5.10 Å². The number of nitrogens with one attached hydrogen (secondary N) is 2. The van der Waals surface area contributed by atoms with E-state index in [9.17, 15) is 4.79 Å². The third-order valence-electron chi connectivity index (χ3n) is 4.55. The number of aryl methyl sites for hydroxylation is 1. The summed E-state index contributed by atoms with van der Waals surface area (Å²) in [5.74, 6) is 7.36. The van der Waals surface area contributed by atoms with Gasteiger partial charge in [-0.05, 0) is 30.9 Å². The molecule has 0 saturated heterocycles. The highest BCUT2D eigenvalue weighted by Gasteiger charge is 2.20. The SMILES string of the molecule is CNC(=O)c1nnc(C#CC2CC2)cc1Nc1cccc(-c2ncn(C)n2)c1OC. The minimum Gasteiger partial charge on any atom is -0.494 e. The number of ether oxygens (including phenoxy) is 1. The van der Waals surface area contributed by atoms with E-state index in [1.807, 2.05) is 18.2 Å². The maximum atomic E-state index is 12.3. The number of aromatic nitrogens is 5. The largest absolute Gasteiger partial charge is 0.494 e. The van der Waals surface area contributed by atoms with Gasteiger partial charge in [-0.1, -0.05) is 12.0 Å². The third-order valence-corrected chi connectivity index (χ3v) is 4.55. The number of methoxy groups -OCH3 is 1. The van der Waals surface area contributed by atoms with Gasteiger partial charge in [0.1, 0.15) is 12.0 Å². The summed E-state index contributed by atoms with van der Waals surface area (Å²) in [7, 11) is 4.92. The van der Waals surface area contributed by atoms with Gasteiger partial charge in [0.15, 0.2) is 17.3 Å². The van der Waals surface area contributed by atoms with Crippen LogP contribution in [0.3, 0.4) is 0 Å². The third kappa shape index (κ3) is 4.07. The highest BCUT2D eigenvalue weighted by molar-refractivity contribution is 5.98. The molecule has 1 saturated carbocycles. The fourth-order valence-electron chi connectivity index (χ4n) is 2.88. The zero-order valence-electron chi connectivity index (χ0n) is 16.9. The van der Waals surface area contributed by atoms with Crippen molar-refractivity contribution in [3.63, 3.8) is 0 Å². The summed E-state index contributed by atoms with van der Waals surface area (Å²) in [5, 5.41) is 18.4. The number of rotatable bonds is 5. The molecule has 9 heteroatoms. The molecule has 3 aromatic rings. The topological polar surface area (TPSA) is 107 Å². The van der Waals surface area contributed by atoms with Crippen LogP contribution in [0.2, 0.25) is 0 Å². The maximum absolute atomic E-state index is 12.3. The molecule has 0 radical (unpaired) electrons. The van der Waals surface area contributed by atoms with Crippen molar-refractivity contribution < 1.29 is 9.53 Å². The second-order valence-corrected chi connectivity index (χ2v) is 6.87. The molecular formula is C21H21N7O2. The number of nitrogens with zero attached hydrogens (tertiary/aromatic N) is 5. The summed E-state index contributed by atoms with van der Waals surface area (Å²) >= 11 is 0. The quantitative estimate of drug-likeness (QED) is 0.629. The number of para-hydroxylation sites is 1. The van der Waals surface area contributed by atoms with Gasteiger partial charge in [-0.25, -0.2) is 4.98 Å². The molecule has 0 spiro atoms. The predicted molar refractivity (Wildman–Crippen MR) is 111 cm³/mol. The van der Waals surface area contributed by atoms with Crippen molar-refractivity contribution in [2.75, 3.05) is 19.5 Å². The first-order chi connectivity index (χ1) is 14.6. The number of anilines is 2. The average Bonchev–Trinajstić information content (AvgIpc) is 3.50. The molecule has 0 bridgehead atoms. The smallest absolute Gasteiger partial charge is 0.273 e. The van der Waals surface area contributed by atoms with E-state index >= 15 is 0 Å². The number of carbonyl (C=O) groups is 1. The average molecular weight is 403 g/mol. The Morgan fingerprint density at radius 3 is 2.77 bits per heavy atom. The Morgan fingerprint density at radius 1 is 1.27 bits per heavy atom. The first-order valence-electron chi connectivity index (χ1n) is 9.50. The minimum atomic E-state index is -0.354. The molecule has 0 unspecified atom stereocenters. The summed E-state index contributed by atoms with van der Waals surface area (Å²) in [4.78, 5) is 16.6. The first-order valence-corrected chi connectivity index (χ1v) is 9.50. The highest BCUT2D eigenvalue weighted by Crippen LogP contribution is 2.36. The lowest BCUT2D eigenvalue weighted by molar-refractivity contribution is 0.0958. The fraction of sp³-hybridized carbons (Fsp3) is 0.286. The second-order valence-electron chi connectivity index (χ2n) is 6.87. The van der Waals surface area contributed by atoms with Gasteiger partial charge in [0.05, 0.1) is 24.0 Å². The van der Waals surface area contributed by atoms with Crippen LogP contribution in [0, 0.1) is 17.8 Å². The Bertz CT molecular complexity index is 1160. The van der Waals surface area contributed by atoms with E-state index in [4.69, 9.17) is 4.74 Å². The van der Waals surface area contributed by atoms with E-state index in [1.165, 1.54) is 0 Å². The number of hydrogen-bond acceptors (Lipinski definition) is 7. The highest BCUT2D eigenvalue weighted by atomic mass is 16.5. The molecule has 2 heterocycles. The van der Waals surface area contributed by atoms with Gasteiger partial charge in [0, 0.05) is 26.1 Å². The van der Waals surface area contributed by atoms with Crippen molar-refractivity contribution in [1.82, 2.24) is 30.3 Å². The number of amides is 1. The Morgan fingerprint density at radius 2 is 2.10 bits per heavy atom. The summed E-state index contributed by atoms with van der Waals surface area (Å²) < 4.78 is 7.26. The van der Waals surface area contributed by atoms with Crippen molar-refractivity contribution in [2.45, 2.75) is 12.8 Å². The zero-order chi connectivity index (χ0) is 21.1. The van der Waals surface area contributed by atoms with Crippen LogP contribution < -0.4 is 15.4 Å². The van der Waals surface area contributed by atoms with Crippen molar-refractivity contribution in [3.8, 4) is 29.0 Å². The van der Waals surface area contributed by atoms with Gasteiger partial charge in [-0.3, -0.25) is 9.48 Å². The second kappa shape index (κ2) is 8.21. The van der Waals surface area contributed by atoms with Crippen molar-refractivity contribution in [2.24, 2.45) is 13.0 Å². The van der Waals surface area contributed by atoms with Crippen molar-refractivity contribution in [3.05, 3.63) is 42.0 Å². The molecular weight excluding hydrogens is 382 g/mol. The Labute approximate surface area is 173 Å². The van der Waals surface area contributed by atoms with E-state index in [-0.39, 0.29) is 11.6 Å². The van der Waals surface area contributed by atoms with Gasteiger partial charge in [0.2, 0.25) is 0 Å². The van der Waals surface area contributed by atoms with Crippen LogP contribution in [0.1, 0.15) is 29.0 Å². The van der Waals surface area contributed by atoms with Crippen LogP contribution in [0.25, 0.3) is 11.4 Å². The lowest BCUT2D eigenvalue weighted by Gasteiger charge is -2.15. The van der Waals surface area contributed by atoms with Crippen LogP contribution in [0.4, 0.5) is 11.4 Å². The lowest BCUT2D eigenvalue weighted by Crippen LogP contribution is -2.21. The molecule has 1 aromatic carbocycles. The molecule has 30 heavy (non-hydrogen) atoms. The van der Waals surface area contributed by atoms with E-state index in [0.717, 1.165) is 18.4 Å². The van der Waals surface area contributed by atoms with Crippen LogP contribution >= 0.6 is 0 Å². The molecule has 0 aliphatic heterocycles. The minimum absolute atomic E-state index is 0.165. The summed E-state index contributed by atoms with van der Waals surface area (Å²) in [6, 6.07) is 7.29. The Kier molecular flexibility index (Phi) is 5.30. The summed E-state index contributed by atoms with van der Waals surface area (Å²) in [5.41, 5.74) is 2.51. The maximum Gasteiger partial charge on any atom is 0.273 e. The number of hydrogen-bond donors (Lipinski definition) is 2. The molecule has 2 N–H and O–H groups in total. The van der Waals surface area contributed by atoms with E-state index in [2.05, 4.69) is 42.8 Å². The van der Waals surface area contributed by atoms with Crippen molar-refractivity contribution >= 4 is 17.3 Å². The van der Waals surface area contributed by atoms with Crippen LogP contribution in [0.15, 0.2) is 30.6 Å². The summed E-state index contributed by atoms with van der Waals surface area (Å²) in [6.07, 6.45) is 3.86. The molecule has 1 amide bonds. The predicted octanol–water partition coefficient (Wildman–Crippen LogP) is 2.15. The van der Waals surface area contributed by atoms with Crippen molar-refractivity contribution in [1.29, 1.82) is 0 Å². The molecule has 9 nitrogen and oxygen atoms in total. The number of carbonyl (C=O) groups excluding carboxylic acids is 1. The van der Waals surface area contributed by atoms with Gasteiger partial charge < -0.3 is 15.4 Å².